The number of piperazine rings is 1. The number of amides is 2. The van der Waals surface area contributed by atoms with E-state index in [4.69, 9.17) is 0 Å². The standard InChI is InChI=1S/C23H28N4O4S/c1-17-8-9-19(16-21(17)32(30,31)26-13-11-25(2)12-14-26)24-23(29)18-5-3-6-20(15-18)27-10-4-7-22(27)28/h3,5-6,8-9,15-16H,4,7,10-14H2,1-2H3,(H,24,29). The van der Waals surface area contributed by atoms with Crippen LogP contribution in [0.4, 0.5) is 11.4 Å². The van der Waals surface area contributed by atoms with Crippen LogP contribution in [0.25, 0.3) is 0 Å². The van der Waals surface area contributed by atoms with Crippen molar-refractivity contribution in [3.63, 3.8) is 0 Å². The normalized spacial score (nSPS) is 18.2. The van der Waals surface area contributed by atoms with Crippen LogP contribution in [0, 0.1) is 6.92 Å². The van der Waals surface area contributed by atoms with Gasteiger partial charge in [-0.25, -0.2) is 8.42 Å². The Labute approximate surface area is 188 Å². The summed E-state index contributed by atoms with van der Waals surface area (Å²) in [6, 6.07) is 11.8. The molecule has 0 radical (unpaired) electrons. The van der Waals surface area contributed by atoms with Crippen molar-refractivity contribution in [3.05, 3.63) is 53.6 Å². The molecule has 2 aliphatic heterocycles. The molecule has 2 heterocycles. The van der Waals surface area contributed by atoms with Gasteiger partial charge in [-0.1, -0.05) is 12.1 Å². The zero-order valence-electron chi connectivity index (χ0n) is 18.4. The van der Waals surface area contributed by atoms with Crippen molar-refractivity contribution < 1.29 is 18.0 Å². The first-order valence-electron chi connectivity index (χ1n) is 10.8. The Balaban J connectivity index is 1.54. The van der Waals surface area contributed by atoms with E-state index in [1.165, 1.54) is 10.4 Å². The van der Waals surface area contributed by atoms with Gasteiger partial charge < -0.3 is 15.1 Å². The van der Waals surface area contributed by atoms with Crippen LogP contribution in [0.15, 0.2) is 47.4 Å². The molecule has 0 bridgehead atoms. The number of hydrogen-bond acceptors (Lipinski definition) is 5. The van der Waals surface area contributed by atoms with Gasteiger partial charge in [-0.15, -0.1) is 0 Å². The highest BCUT2D eigenvalue weighted by Crippen LogP contribution is 2.26. The van der Waals surface area contributed by atoms with Crippen molar-refractivity contribution in [2.24, 2.45) is 0 Å². The van der Waals surface area contributed by atoms with Gasteiger partial charge in [-0.2, -0.15) is 4.31 Å². The maximum absolute atomic E-state index is 13.2. The molecule has 2 amide bonds. The first-order valence-corrected chi connectivity index (χ1v) is 12.2. The third-order valence-electron chi connectivity index (χ3n) is 6.02. The molecule has 1 N–H and O–H groups in total. The summed E-state index contributed by atoms with van der Waals surface area (Å²) in [5.74, 6) is -0.301. The summed E-state index contributed by atoms with van der Waals surface area (Å²) in [5.41, 5.74) is 2.15. The first-order chi connectivity index (χ1) is 15.3. The quantitative estimate of drug-likeness (QED) is 0.746. The van der Waals surface area contributed by atoms with Gasteiger partial charge in [-0.05, 0) is 56.3 Å². The van der Waals surface area contributed by atoms with Crippen molar-refractivity contribution in [2.75, 3.05) is 50.0 Å². The second kappa shape index (κ2) is 9.01. The Morgan fingerprint density at radius 3 is 2.44 bits per heavy atom. The predicted octanol–water partition coefficient (Wildman–Crippen LogP) is 2.31. The molecule has 8 nitrogen and oxygen atoms in total. The molecule has 0 unspecified atom stereocenters. The molecule has 2 aromatic rings. The van der Waals surface area contributed by atoms with E-state index in [1.807, 2.05) is 13.1 Å². The number of nitrogens with zero attached hydrogens (tertiary/aromatic N) is 3. The highest BCUT2D eigenvalue weighted by atomic mass is 32.2. The number of benzene rings is 2. The molecule has 0 aromatic heterocycles. The molecule has 0 saturated carbocycles. The van der Waals surface area contributed by atoms with E-state index >= 15 is 0 Å². The Morgan fingerprint density at radius 1 is 1.00 bits per heavy atom. The van der Waals surface area contributed by atoms with E-state index in [0.717, 1.165) is 6.42 Å². The lowest BCUT2D eigenvalue weighted by Gasteiger charge is -2.32. The van der Waals surface area contributed by atoms with Crippen LogP contribution in [0.5, 0.6) is 0 Å². The number of aryl methyl sites for hydroxylation is 1. The van der Waals surface area contributed by atoms with Crippen molar-refractivity contribution in [1.29, 1.82) is 0 Å². The van der Waals surface area contributed by atoms with Crippen molar-refractivity contribution in [1.82, 2.24) is 9.21 Å². The topological polar surface area (TPSA) is 90.0 Å². The number of likely N-dealkylation sites (N-methyl/N-ethyl adjacent to an activating group) is 1. The lowest BCUT2D eigenvalue weighted by atomic mass is 10.1. The molecule has 2 aromatic carbocycles. The SMILES string of the molecule is Cc1ccc(NC(=O)c2cccc(N3CCCC3=O)c2)cc1S(=O)(=O)N1CCN(C)CC1. The summed E-state index contributed by atoms with van der Waals surface area (Å²) in [4.78, 5) is 28.9. The third-order valence-corrected chi connectivity index (χ3v) is 8.06. The molecule has 9 heteroatoms. The summed E-state index contributed by atoms with van der Waals surface area (Å²) in [6.45, 7) is 4.66. The average Bonchev–Trinajstić information content (AvgIpc) is 3.21. The molecule has 4 rings (SSSR count). The highest BCUT2D eigenvalue weighted by Gasteiger charge is 2.29. The molecule has 2 saturated heterocycles. The fourth-order valence-electron chi connectivity index (χ4n) is 4.06. The van der Waals surface area contributed by atoms with E-state index in [0.29, 0.717) is 61.6 Å². The summed E-state index contributed by atoms with van der Waals surface area (Å²) in [6.07, 6.45) is 1.33. The smallest absolute Gasteiger partial charge is 0.255 e. The molecular weight excluding hydrogens is 428 g/mol. The zero-order valence-corrected chi connectivity index (χ0v) is 19.2. The van der Waals surface area contributed by atoms with Crippen molar-refractivity contribution >= 4 is 33.2 Å². The second-order valence-corrected chi connectivity index (χ2v) is 10.2. The van der Waals surface area contributed by atoms with Gasteiger partial charge in [-0.3, -0.25) is 9.59 Å². The van der Waals surface area contributed by atoms with Gasteiger partial charge >= 0.3 is 0 Å². The van der Waals surface area contributed by atoms with Gasteiger partial charge in [0, 0.05) is 56.1 Å². The van der Waals surface area contributed by atoms with Gasteiger partial charge in [0.1, 0.15) is 0 Å². The van der Waals surface area contributed by atoms with E-state index < -0.39 is 10.0 Å². The second-order valence-electron chi connectivity index (χ2n) is 8.34. The van der Waals surface area contributed by atoms with Gasteiger partial charge in [0.25, 0.3) is 5.91 Å². The minimum Gasteiger partial charge on any atom is -0.322 e. The van der Waals surface area contributed by atoms with E-state index in [-0.39, 0.29) is 16.7 Å². The number of carbonyl (C=O) groups excluding carboxylic acids is 2. The largest absolute Gasteiger partial charge is 0.322 e. The van der Waals surface area contributed by atoms with Gasteiger partial charge in [0.05, 0.1) is 4.90 Å². The number of anilines is 2. The van der Waals surface area contributed by atoms with E-state index in [9.17, 15) is 18.0 Å². The number of rotatable bonds is 5. The van der Waals surface area contributed by atoms with Crippen LogP contribution >= 0.6 is 0 Å². The fourth-order valence-corrected chi connectivity index (χ4v) is 5.74. The predicted molar refractivity (Wildman–Crippen MR) is 123 cm³/mol. The molecule has 2 aliphatic rings. The molecule has 2 fully saturated rings. The van der Waals surface area contributed by atoms with E-state index in [1.54, 1.807) is 42.2 Å². The molecule has 0 spiro atoms. The number of nitrogens with one attached hydrogen (secondary N) is 1. The third kappa shape index (κ3) is 4.55. The van der Waals surface area contributed by atoms with Gasteiger partial charge in [0.15, 0.2) is 0 Å². The Morgan fingerprint density at radius 2 is 1.75 bits per heavy atom. The Bertz CT molecular complexity index is 1140. The molecule has 170 valence electrons. The van der Waals surface area contributed by atoms with Crippen LogP contribution in [-0.4, -0.2) is 69.2 Å². The highest BCUT2D eigenvalue weighted by molar-refractivity contribution is 7.89. The Hall–Kier alpha value is -2.75. The lowest BCUT2D eigenvalue weighted by molar-refractivity contribution is -0.117. The van der Waals surface area contributed by atoms with Gasteiger partial charge in [0.2, 0.25) is 15.9 Å². The summed E-state index contributed by atoms with van der Waals surface area (Å²) >= 11 is 0. The summed E-state index contributed by atoms with van der Waals surface area (Å²) < 4.78 is 27.9. The van der Waals surface area contributed by atoms with Crippen molar-refractivity contribution in [2.45, 2.75) is 24.7 Å². The fraction of sp³-hybridized carbons (Fsp3) is 0.391. The molecule has 32 heavy (non-hydrogen) atoms. The summed E-state index contributed by atoms with van der Waals surface area (Å²) in [5, 5.41) is 2.80. The maximum atomic E-state index is 13.2. The monoisotopic (exact) mass is 456 g/mol. The Kier molecular flexibility index (Phi) is 6.32. The average molecular weight is 457 g/mol. The molecular formula is C23H28N4O4S. The zero-order chi connectivity index (χ0) is 22.9. The lowest BCUT2D eigenvalue weighted by Crippen LogP contribution is -2.47. The van der Waals surface area contributed by atoms with Crippen LogP contribution in [0.1, 0.15) is 28.8 Å². The number of hydrogen-bond donors (Lipinski definition) is 1. The summed E-state index contributed by atoms with van der Waals surface area (Å²) in [7, 11) is -1.68. The first kappa shape index (κ1) is 22.4. The van der Waals surface area contributed by atoms with E-state index in [2.05, 4.69) is 10.2 Å². The minimum absolute atomic E-state index is 0.0554. The number of sulfonamides is 1. The van der Waals surface area contributed by atoms with Crippen molar-refractivity contribution in [3.8, 4) is 0 Å². The van der Waals surface area contributed by atoms with Crippen LogP contribution in [0.2, 0.25) is 0 Å². The van der Waals surface area contributed by atoms with Crippen LogP contribution in [-0.2, 0) is 14.8 Å². The minimum atomic E-state index is -3.65. The molecule has 0 atom stereocenters. The van der Waals surface area contributed by atoms with Crippen LogP contribution in [0.3, 0.4) is 0 Å². The molecule has 0 aliphatic carbocycles. The number of carbonyl (C=O) groups is 2. The van der Waals surface area contributed by atoms with Crippen LogP contribution < -0.4 is 10.2 Å². The maximum Gasteiger partial charge on any atom is 0.255 e.